The van der Waals surface area contributed by atoms with Gasteiger partial charge in [-0.1, -0.05) is 12.1 Å². The summed E-state index contributed by atoms with van der Waals surface area (Å²) in [5.74, 6) is 0.188. The van der Waals surface area contributed by atoms with E-state index in [4.69, 9.17) is 4.74 Å². The number of alkyl halides is 3. The second kappa shape index (κ2) is 10.8. The van der Waals surface area contributed by atoms with E-state index in [9.17, 15) is 31.5 Å². The molecule has 2 amide bonds. The van der Waals surface area contributed by atoms with Gasteiger partial charge >= 0.3 is 11.5 Å². The van der Waals surface area contributed by atoms with Crippen LogP contribution in [0.1, 0.15) is 5.56 Å². The van der Waals surface area contributed by atoms with Gasteiger partial charge in [-0.05, 0) is 71.9 Å². The number of aromatic hydroxyl groups is 1. The number of hydrogen-bond acceptors (Lipinski definition) is 6. The average molecular weight is 528 g/mol. The number of ether oxygens (including phenoxy) is 1. The van der Waals surface area contributed by atoms with Crippen LogP contribution in [0.5, 0.6) is 11.5 Å². The van der Waals surface area contributed by atoms with Gasteiger partial charge in [-0.25, -0.2) is 13.2 Å². The largest absolute Gasteiger partial charge is 0.506 e. The van der Waals surface area contributed by atoms with Crippen molar-refractivity contribution < 1.29 is 36.2 Å². The predicted octanol–water partition coefficient (Wildman–Crippen LogP) is 5.60. The van der Waals surface area contributed by atoms with Gasteiger partial charge in [0.1, 0.15) is 18.1 Å². The van der Waals surface area contributed by atoms with Crippen LogP contribution in [0.3, 0.4) is 0 Å². The lowest BCUT2D eigenvalue weighted by molar-refractivity contribution is -0.0328. The molecular weight excluding hydrogens is 507 g/mol. The second-order valence-corrected chi connectivity index (χ2v) is 10.1. The number of benzene rings is 3. The van der Waals surface area contributed by atoms with Crippen LogP contribution in [0.25, 0.3) is 0 Å². The number of halogens is 3. The van der Waals surface area contributed by atoms with Crippen LogP contribution >= 0.6 is 11.8 Å². The molecule has 0 aliphatic rings. The van der Waals surface area contributed by atoms with Crippen molar-refractivity contribution in [2.75, 3.05) is 21.6 Å². The fraction of sp³-hybridized carbons (Fsp3) is 0.136. The molecule has 0 aliphatic carbocycles. The Morgan fingerprint density at radius 2 is 1.57 bits per heavy atom. The smallest absolute Gasteiger partial charge is 0.446 e. The monoisotopic (exact) mass is 527 g/mol. The summed E-state index contributed by atoms with van der Waals surface area (Å²) < 4.78 is 67.7. The first-order valence-electron chi connectivity index (χ1n) is 9.83. The SMILES string of the molecule is CS(=O)(=O)Nc1cc(NC(=O)Nc2ccc(OCc3ccc(SC(F)(F)F)cc3)cc2)ccc1O. The van der Waals surface area contributed by atoms with Gasteiger partial charge in [0.05, 0.1) is 11.9 Å². The van der Waals surface area contributed by atoms with Crippen molar-refractivity contribution in [3.63, 3.8) is 0 Å². The van der Waals surface area contributed by atoms with E-state index in [1.807, 2.05) is 0 Å². The Labute approximate surface area is 203 Å². The van der Waals surface area contributed by atoms with Crippen molar-refractivity contribution in [3.05, 3.63) is 72.3 Å². The molecule has 4 N–H and O–H groups in total. The minimum absolute atomic E-state index is 0.0828. The number of hydrogen-bond donors (Lipinski definition) is 4. The number of thioether (sulfide) groups is 1. The fourth-order valence-corrected chi connectivity index (χ4v) is 3.88. The van der Waals surface area contributed by atoms with Gasteiger partial charge in [0.15, 0.2) is 0 Å². The Kier molecular flexibility index (Phi) is 8.02. The number of amides is 2. The fourth-order valence-electron chi connectivity index (χ4n) is 2.78. The lowest BCUT2D eigenvalue weighted by Crippen LogP contribution is -2.19. The van der Waals surface area contributed by atoms with Crippen molar-refractivity contribution in [2.45, 2.75) is 17.0 Å². The van der Waals surface area contributed by atoms with Crippen LogP contribution in [0.2, 0.25) is 0 Å². The number of rotatable bonds is 8. The molecule has 0 bridgehead atoms. The minimum atomic E-state index is -4.34. The van der Waals surface area contributed by atoms with Gasteiger partial charge < -0.3 is 20.5 Å². The zero-order valence-electron chi connectivity index (χ0n) is 18.1. The molecule has 0 saturated carbocycles. The first kappa shape index (κ1) is 26.0. The molecule has 186 valence electrons. The van der Waals surface area contributed by atoms with Crippen molar-refractivity contribution >= 4 is 44.9 Å². The van der Waals surface area contributed by atoms with Crippen molar-refractivity contribution in [2.24, 2.45) is 0 Å². The first-order chi connectivity index (χ1) is 16.4. The molecular formula is C22H20F3N3O5S2. The van der Waals surface area contributed by atoms with Gasteiger partial charge in [0, 0.05) is 16.3 Å². The summed E-state index contributed by atoms with van der Waals surface area (Å²) in [6.07, 6.45) is 0.931. The number of sulfonamides is 1. The predicted molar refractivity (Wildman–Crippen MR) is 128 cm³/mol. The molecule has 3 aromatic rings. The first-order valence-corrected chi connectivity index (χ1v) is 12.5. The molecule has 0 atom stereocenters. The van der Waals surface area contributed by atoms with Crippen LogP contribution in [-0.4, -0.2) is 31.3 Å². The topological polar surface area (TPSA) is 117 Å². The van der Waals surface area contributed by atoms with Crippen LogP contribution in [-0.2, 0) is 16.6 Å². The Hall–Kier alpha value is -3.58. The van der Waals surface area contributed by atoms with E-state index in [1.54, 1.807) is 36.4 Å². The van der Waals surface area contributed by atoms with Crippen molar-refractivity contribution in [1.29, 1.82) is 0 Å². The van der Waals surface area contributed by atoms with Gasteiger partial charge in [-0.2, -0.15) is 13.2 Å². The van der Waals surface area contributed by atoms with Crippen LogP contribution in [0.4, 0.5) is 35.0 Å². The molecule has 0 aliphatic heterocycles. The van der Waals surface area contributed by atoms with E-state index in [1.165, 1.54) is 30.3 Å². The molecule has 8 nitrogen and oxygen atoms in total. The van der Waals surface area contributed by atoms with Gasteiger partial charge in [-0.3, -0.25) is 4.72 Å². The lowest BCUT2D eigenvalue weighted by atomic mass is 10.2. The third-order valence-corrected chi connectivity index (χ3v) is 5.55. The molecule has 3 rings (SSSR count). The number of nitrogens with one attached hydrogen (secondary N) is 3. The summed E-state index contributed by atoms with van der Waals surface area (Å²) in [7, 11) is -3.62. The standard InChI is InChI=1S/C22H20F3N3O5S2/c1-35(31,32)28-19-12-16(6-11-20(19)29)27-21(30)26-15-4-7-17(8-5-15)33-13-14-2-9-18(10-3-14)34-22(23,24)25/h2-12,28-29H,13H2,1H3,(H2,26,27,30). The maximum Gasteiger partial charge on any atom is 0.446 e. The Bertz CT molecular complexity index is 1280. The highest BCUT2D eigenvalue weighted by atomic mass is 32.2. The summed E-state index contributed by atoms with van der Waals surface area (Å²) in [6, 6.07) is 15.5. The van der Waals surface area contributed by atoms with Gasteiger partial charge in [0.2, 0.25) is 10.0 Å². The third-order valence-electron chi connectivity index (χ3n) is 4.22. The number of urea groups is 1. The molecule has 0 fully saturated rings. The van der Waals surface area contributed by atoms with E-state index in [-0.39, 0.29) is 40.4 Å². The summed E-state index contributed by atoms with van der Waals surface area (Å²) in [6.45, 7) is 0.148. The van der Waals surface area contributed by atoms with Gasteiger partial charge in [-0.15, -0.1) is 0 Å². The highest BCUT2D eigenvalue weighted by Gasteiger charge is 2.29. The van der Waals surface area contributed by atoms with E-state index in [2.05, 4.69) is 15.4 Å². The highest BCUT2D eigenvalue weighted by Crippen LogP contribution is 2.36. The van der Waals surface area contributed by atoms with E-state index in [0.717, 1.165) is 6.26 Å². The number of phenolic OH excluding ortho intramolecular Hbond substituents is 1. The molecule has 0 aromatic heterocycles. The van der Waals surface area contributed by atoms with E-state index >= 15 is 0 Å². The zero-order valence-corrected chi connectivity index (χ0v) is 19.7. The van der Waals surface area contributed by atoms with Gasteiger partial charge in [0.25, 0.3) is 0 Å². The molecule has 0 unspecified atom stereocenters. The number of anilines is 3. The summed E-state index contributed by atoms with van der Waals surface area (Å²) in [5.41, 5.74) is -3.05. The van der Waals surface area contributed by atoms with Crippen LogP contribution < -0.4 is 20.1 Å². The highest BCUT2D eigenvalue weighted by molar-refractivity contribution is 8.00. The molecule has 3 aromatic carbocycles. The summed E-state index contributed by atoms with van der Waals surface area (Å²) in [5, 5.41) is 14.9. The normalized spacial score (nSPS) is 11.5. The summed E-state index contributed by atoms with van der Waals surface area (Å²) >= 11 is -0.185. The maximum atomic E-state index is 12.4. The van der Waals surface area contributed by atoms with Crippen LogP contribution in [0, 0.1) is 0 Å². The Morgan fingerprint density at radius 3 is 2.17 bits per heavy atom. The Morgan fingerprint density at radius 1 is 0.971 bits per heavy atom. The maximum absolute atomic E-state index is 12.4. The zero-order chi connectivity index (χ0) is 25.6. The molecule has 0 heterocycles. The lowest BCUT2D eigenvalue weighted by Gasteiger charge is -2.12. The second-order valence-electron chi connectivity index (χ2n) is 7.19. The van der Waals surface area contributed by atoms with Crippen LogP contribution in [0.15, 0.2) is 71.6 Å². The number of carbonyl (C=O) groups excluding carboxylic acids is 1. The van der Waals surface area contributed by atoms with Crippen molar-refractivity contribution in [3.8, 4) is 11.5 Å². The third kappa shape index (κ3) is 8.94. The van der Waals surface area contributed by atoms with E-state index in [0.29, 0.717) is 17.0 Å². The van der Waals surface area contributed by atoms with Crippen molar-refractivity contribution in [1.82, 2.24) is 0 Å². The Balaban J connectivity index is 1.52. The summed E-state index contributed by atoms with van der Waals surface area (Å²) in [4.78, 5) is 12.3. The molecule has 35 heavy (non-hydrogen) atoms. The quantitative estimate of drug-likeness (QED) is 0.172. The molecule has 0 radical (unpaired) electrons. The number of carbonyl (C=O) groups is 1. The molecule has 0 saturated heterocycles. The average Bonchev–Trinajstić information content (AvgIpc) is 2.74. The minimum Gasteiger partial charge on any atom is -0.506 e. The molecule has 0 spiro atoms. The molecule has 13 heteroatoms. The number of phenols is 1. The van der Waals surface area contributed by atoms with E-state index < -0.39 is 21.6 Å².